The van der Waals surface area contributed by atoms with Gasteiger partial charge in [-0.2, -0.15) is 0 Å². The highest BCUT2D eigenvalue weighted by atomic mass is 16.2. The second-order valence-corrected chi connectivity index (χ2v) is 7.39. The average Bonchev–Trinajstić information content (AvgIpc) is 2.60. The first-order valence-corrected chi connectivity index (χ1v) is 9.14. The predicted molar refractivity (Wildman–Crippen MR) is 101 cm³/mol. The molecule has 1 heterocycles. The summed E-state index contributed by atoms with van der Waals surface area (Å²) in [6, 6.07) is 10.1. The van der Waals surface area contributed by atoms with Crippen LogP contribution in [0.5, 0.6) is 0 Å². The van der Waals surface area contributed by atoms with Gasteiger partial charge < -0.3 is 9.80 Å². The molecule has 0 atom stereocenters. The summed E-state index contributed by atoms with van der Waals surface area (Å²) < 4.78 is 0. The van der Waals surface area contributed by atoms with Gasteiger partial charge in [0.1, 0.15) is 0 Å². The van der Waals surface area contributed by atoms with E-state index in [1.807, 2.05) is 60.9 Å². The SMILES string of the molecule is C=C(C)CN(Cc1ccccc1)C(=O)C1CCN(C(=O)C(C)C)CC1. The lowest BCUT2D eigenvalue weighted by atomic mass is 9.94. The van der Waals surface area contributed by atoms with Crippen molar-refractivity contribution in [2.45, 2.75) is 40.2 Å². The predicted octanol–water partition coefficient (Wildman–Crippen LogP) is 3.49. The van der Waals surface area contributed by atoms with Crippen LogP contribution in [0, 0.1) is 11.8 Å². The lowest BCUT2D eigenvalue weighted by molar-refractivity contribution is -0.142. The summed E-state index contributed by atoms with van der Waals surface area (Å²) in [6.45, 7) is 12.3. The molecule has 1 aliphatic heterocycles. The third kappa shape index (κ3) is 5.45. The van der Waals surface area contributed by atoms with Crippen molar-refractivity contribution >= 4 is 11.8 Å². The zero-order valence-electron chi connectivity index (χ0n) is 15.7. The van der Waals surface area contributed by atoms with E-state index in [0.717, 1.165) is 24.0 Å². The van der Waals surface area contributed by atoms with E-state index in [4.69, 9.17) is 0 Å². The van der Waals surface area contributed by atoms with Crippen molar-refractivity contribution in [3.05, 3.63) is 48.0 Å². The van der Waals surface area contributed by atoms with E-state index in [9.17, 15) is 9.59 Å². The number of nitrogens with zero attached hydrogens (tertiary/aromatic N) is 2. The first-order valence-electron chi connectivity index (χ1n) is 9.14. The van der Waals surface area contributed by atoms with Gasteiger partial charge in [0.15, 0.2) is 0 Å². The van der Waals surface area contributed by atoms with E-state index in [-0.39, 0.29) is 23.7 Å². The Bertz CT molecular complexity index is 602. The van der Waals surface area contributed by atoms with Crippen molar-refractivity contribution in [1.82, 2.24) is 9.80 Å². The summed E-state index contributed by atoms with van der Waals surface area (Å²) in [4.78, 5) is 28.9. The molecule has 1 aromatic rings. The molecule has 1 aromatic carbocycles. The molecule has 1 fully saturated rings. The molecular weight excluding hydrogens is 312 g/mol. The number of piperidine rings is 1. The highest BCUT2D eigenvalue weighted by Crippen LogP contribution is 2.22. The van der Waals surface area contributed by atoms with E-state index in [2.05, 4.69) is 6.58 Å². The van der Waals surface area contributed by atoms with Crippen LogP contribution in [0.3, 0.4) is 0 Å². The second-order valence-electron chi connectivity index (χ2n) is 7.39. The highest BCUT2D eigenvalue weighted by molar-refractivity contribution is 5.81. The van der Waals surface area contributed by atoms with Gasteiger partial charge >= 0.3 is 0 Å². The van der Waals surface area contributed by atoms with Crippen LogP contribution in [-0.4, -0.2) is 41.2 Å². The van der Waals surface area contributed by atoms with Crippen LogP contribution in [-0.2, 0) is 16.1 Å². The zero-order valence-corrected chi connectivity index (χ0v) is 15.7. The zero-order chi connectivity index (χ0) is 18.4. The van der Waals surface area contributed by atoms with Crippen LogP contribution in [0.25, 0.3) is 0 Å². The Morgan fingerprint density at radius 3 is 2.32 bits per heavy atom. The molecular formula is C21H30N2O2. The molecule has 0 spiro atoms. The largest absolute Gasteiger partial charge is 0.342 e. The molecule has 2 rings (SSSR count). The van der Waals surface area contributed by atoms with Crippen molar-refractivity contribution in [2.24, 2.45) is 11.8 Å². The molecule has 136 valence electrons. The minimum absolute atomic E-state index is 0.000672. The minimum atomic E-state index is -0.000672. The van der Waals surface area contributed by atoms with Crippen molar-refractivity contribution < 1.29 is 9.59 Å². The molecule has 0 radical (unpaired) electrons. The van der Waals surface area contributed by atoms with Crippen molar-refractivity contribution in [2.75, 3.05) is 19.6 Å². The number of carbonyl (C=O) groups excluding carboxylic acids is 2. The number of amides is 2. The Labute approximate surface area is 151 Å². The summed E-state index contributed by atoms with van der Waals surface area (Å²) in [5.74, 6) is 0.391. The molecule has 0 aliphatic carbocycles. The first-order chi connectivity index (χ1) is 11.9. The molecule has 0 bridgehead atoms. The maximum Gasteiger partial charge on any atom is 0.226 e. The van der Waals surface area contributed by atoms with Gasteiger partial charge in [0.05, 0.1) is 0 Å². The van der Waals surface area contributed by atoms with E-state index in [1.54, 1.807) is 0 Å². The number of carbonyl (C=O) groups is 2. The van der Waals surface area contributed by atoms with Gasteiger partial charge in [0.2, 0.25) is 11.8 Å². The lowest BCUT2D eigenvalue weighted by Gasteiger charge is -2.35. The Morgan fingerprint density at radius 2 is 1.80 bits per heavy atom. The fourth-order valence-electron chi connectivity index (χ4n) is 3.31. The van der Waals surface area contributed by atoms with Gasteiger partial charge in [-0.1, -0.05) is 56.3 Å². The number of hydrogen-bond acceptors (Lipinski definition) is 2. The molecule has 4 heteroatoms. The highest BCUT2D eigenvalue weighted by Gasteiger charge is 2.30. The van der Waals surface area contributed by atoms with Crippen LogP contribution in [0.1, 0.15) is 39.2 Å². The second kappa shape index (κ2) is 8.84. The Balaban J connectivity index is 2.00. The van der Waals surface area contributed by atoms with Crippen molar-refractivity contribution in [3.8, 4) is 0 Å². The third-order valence-corrected chi connectivity index (χ3v) is 4.64. The van der Waals surface area contributed by atoms with E-state index >= 15 is 0 Å². The molecule has 0 aromatic heterocycles. The average molecular weight is 342 g/mol. The summed E-state index contributed by atoms with van der Waals surface area (Å²) in [7, 11) is 0. The fourth-order valence-corrected chi connectivity index (χ4v) is 3.31. The van der Waals surface area contributed by atoms with Gasteiger partial charge in [-0.15, -0.1) is 0 Å². The Hall–Kier alpha value is -2.10. The Kier molecular flexibility index (Phi) is 6.80. The summed E-state index contributed by atoms with van der Waals surface area (Å²) in [5.41, 5.74) is 2.11. The van der Waals surface area contributed by atoms with Gasteiger partial charge in [-0.05, 0) is 25.3 Å². The molecule has 25 heavy (non-hydrogen) atoms. The topological polar surface area (TPSA) is 40.6 Å². The Morgan fingerprint density at radius 1 is 1.20 bits per heavy atom. The van der Waals surface area contributed by atoms with Gasteiger partial charge in [0, 0.05) is 38.0 Å². The third-order valence-electron chi connectivity index (χ3n) is 4.64. The number of rotatable bonds is 6. The summed E-state index contributed by atoms with van der Waals surface area (Å²) >= 11 is 0. The fraction of sp³-hybridized carbons (Fsp3) is 0.524. The number of hydrogen-bond donors (Lipinski definition) is 0. The van der Waals surface area contributed by atoms with E-state index in [0.29, 0.717) is 26.2 Å². The summed E-state index contributed by atoms with van der Waals surface area (Å²) in [6.07, 6.45) is 1.50. The maximum absolute atomic E-state index is 13.0. The molecule has 1 saturated heterocycles. The minimum Gasteiger partial charge on any atom is -0.342 e. The van der Waals surface area contributed by atoms with Crippen LogP contribution in [0.2, 0.25) is 0 Å². The smallest absolute Gasteiger partial charge is 0.226 e. The standard InChI is InChI=1S/C21H30N2O2/c1-16(2)14-23(15-18-8-6-5-7-9-18)21(25)19-10-12-22(13-11-19)20(24)17(3)4/h5-9,17,19H,1,10-15H2,2-4H3. The van der Waals surface area contributed by atoms with Gasteiger partial charge in [-0.3, -0.25) is 9.59 Å². The quantitative estimate of drug-likeness (QED) is 0.743. The van der Waals surface area contributed by atoms with Gasteiger partial charge in [-0.25, -0.2) is 0 Å². The van der Waals surface area contributed by atoms with Gasteiger partial charge in [0.25, 0.3) is 0 Å². The first kappa shape index (κ1) is 19.2. The number of likely N-dealkylation sites (tertiary alicyclic amines) is 1. The van der Waals surface area contributed by atoms with Crippen LogP contribution < -0.4 is 0 Å². The van der Waals surface area contributed by atoms with Crippen LogP contribution in [0.15, 0.2) is 42.5 Å². The molecule has 0 N–H and O–H groups in total. The van der Waals surface area contributed by atoms with E-state index in [1.165, 1.54) is 0 Å². The maximum atomic E-state index is 13.0. The molecule has 0 unspecified atom stereocenters. The normalized spacial score (nSPS) is 15.3. The van der Waals surface area contributed by atoms with E-state index < -0.39 is 0 Å². The molecule has 0 saturated carbocycles. The van der Waals surface area contributed by atoms with Crippen LogP contribution in [0.4, 0.5) is 0 Å². The number of benzene rings is 1. The van der Waals surface area contributed by atoms with Crippen molar-refractivity contribution in [3.63, 3.8) is 0 Å². The molecule has 4 nitrogen and oxygen atoms in total. The molecule has 2 amide bonds. The lowest BCUT2D eigenvalue weighted by Crippen LogP contribution is -2.45. The molecule has 1 aliphatic rings. The monoisotopic (exact) mass is 342 g/mol. The van der Waals surface area contributed by atoms with Crippen molar-refractivity contribution in [1.29, 1.82) is 0 Å². The summed E-state index contributed by atoms with van der Waals surface area (Å²) in [5, 5.41) is 0. The van der Waals surface area contributed by atoms with Crippen LogP contribution >= 0.6 is 0 Å².